The van der Waals surface area contributed by atoms with Crippen LogP contribution in [-0.2, 0) is 20.8 Å². The molecular formula is C30H39FN4O6. The van der Waals surface area contributed by atoms with Crippen LogP contribution < -0.4 is 20.7 Å². The Morgan fingerprint density at radius 3 is 2.41 bits per heavy atom. The fraction of sp³-hybridized carbons (Fsp3) is 0.500. The molecule has 222 valence electrons. The van der Waals surface area contributed by atoms with Crippen molar-refractivity contribution in [2.24, 2.45) is 5.92 Å². The summed E-state index contributed by atoms with van der Waals surface area (Å²) in [7, 11) is 1.57. The van der Waals surface area contributed by atoms with E-state index in [1.54, 1.807) is 32.2 Å². The van der Waals surface area contributed by atoms with Crippen molar-refractivity contribution in [1.29, 1.82) is 0 Å². The van der Waals surface area contributed by atoms with Crippen molar-refractivity contribution >= 4 is 17.7 Å². The minimum absolute atomic E-state index is 0.0398. The Morgan fingerprint density at radius 2 is 1.73 bits per heavy atom. The van der Waals surface area contributed by atoms with E-state index in [0.717, 1.165) is 12.8 Å². The van der Waals surface area contributed by atoms with Crippen molar-refractivity contribution in [1.82, 2.24) is 20.9 Å². The number of fused-ring (bicyclic) bond motifs is 1. The van der Waals surface area contributed by atoms with Gasteiger partial charge in [-0.2, -0.15) is 0 Å². The van der Waals surface area contributed by atoms with E-state index in [0.29, 0.717) is 23.4 Å². The maximum Gasteiger partial charge on any atom is 0.243 e. The average Bonchev–Trinajstić information content (AvgIpc) is 3.78. The first-order valence-electron chi connectivity index (χ1n) is 14.0. The van der Waals surface area contributed by atoms with Gasteiger partial charge in [0, 0.05) is 32.1 Å². The molecule has 41 heavy (non-hydrogen) atoms. The number of benzene rings is 2. The van der Waals surface area contributed by atoms with E-state index < -0.39 is 41.9 Å². The van der Waals surface area contributed by atoms with Crippen LogP contribution in [0, 0.1) is 11.7 Å². The minimum Gasteiger partial charge on any atom is -0.508 e. The highest BCUT2D eigenvalue weighted by Crippen LogP contribution is 2.34. The number of halogens is 1. The van der Waals surface area contributed by atoms with Gasteiger partial charge in [-0.3, -0.25) is 14.4 Å². The van der Waals surface area contributed by atoms with Crippen LogP contribution in [0.4, 0.5) is 4.39 Å². The first-order valence-corrected chi connectivity index (χ1v) is 14.0. The molecule has 4 rings (SSSR count). The lowest BCUT2D eigenvalue weighted by Gasteiger charge is -2.31. The van der Waals surface area contributed by atoms with E-state index >= 15 is 0 Å². The van der Waals surface area contributed by atoms with E-state index in [4.69, 9.17) is 4.74 Å². The van der Waals surface area contributed by atoms with Crippen molar-refractivity contribution in [3.05, 3.63) is 59.4 Å². The number of likely N-dealkylation sites (N-methyl/N-ethyl adjacent to an activating group) is 1. The Hall–Kier alpha value is -3.70. The molecule has 1 saturated carbocycles. The first kappa shape index (κ1) is 30.3. The number of carbonyl (C=O) groups is 3. The number of aliphatic hydroxyl groups excluding tert-OH is 1. The maximum absolute atomic E-state index is 13.5. The summed E-state index contributed by atoms with van der Waals surface area (Å²) < 4.78 is 19.6. The third-order valence-electron chi connectivity index (χ3n) is 7.68. The monoisotopic (exact) mass is 570 g/mol. The van der Waals surface area contributed by atoms with Crippen LogP contribution in [0.3, 0.4) is 0 Å². The molecule has 1 fully saturated rings. The van der Waals surface area contributed by atoms with Crippen LogP contribution in [0.1, 0.15) is 50.3 Å². The van der Waals surface area contributed by atoms with Gasteiger partial charge in [0.05, 0.1) is 12.1 Å². The molecule has 0 radical (unpaired) electrons. The van der Waals surface area contributed by atoms with Gasteiger partial charge in [-0.05, 0) is 74.9 Å². The number of nitrogens with one attached hydrogen (secondary N) is 3. The molecule has 3 amide bonds. The third kappa shape index (κ3) is 7.95. The van der Waals surface area contributed by atoms with Gasteiger partial charge in [-0.1, -0.05) is 12.1 Å². The molecule has 1 unspecified atom stereocenters. The van der Waals surface area contributed by atoms with E-state index in [1.165, 1.54) is 29.2 Å². The number of ether oxygens (including phenoxy) is 1. The summed E-state index contributed by atoms with van der Waals surface area (Å²) in [6.45, 7) is 3.85. The molecule has 1 heterocycles. The van der Waals surface area contributed by atoms with E-state index in [9.17, 15) is 29.0 Å². The number of phenolic OH excluding ortho intramolecular Hbond substituents is 1. The lowest BCUT2D eigenvalue weighted by Crippen LogP contribution is -2.57. The average molecular weight is 571 g/mol. The van der Waals surface area contributed by atoms with Gasteiger partial charge in [-0.25, -0.2) is 4.39 Å². The standard InChI is InChI=1S/C30H39FN4O6/c1-17-16-33-27(20-6-7-20)30(40)35(3)18(2)28(38)34-24(14-19-4-8-21(31)9-5-19)29(39)32-13-12-25(37)23-15-22(36)10-11-26(23)41-17/h4-5,8-11,15,17-18,20,24-25,27,33,36-37H,6-7,12-14,16H2,1-3H3,(H,32,39)(H,34,38)/t17-,18-,24-,25?,27+/m1/s1. The van der Waals surface area contributed by atoms with Gasteiger partial charge in [0.25, 0.3) is 0 Å². The summed E-state index contributed by atoms with van der Waals surface area (Å²) >= 11 is 0. The Labute approximate surface area is 239 Å². The summed E-state index contributed by atoms with van der Waals surface area (Å²) in [5.41, 5.74) is 1.01. The third-order valence-corrected chi connectivity index (χ3v) is 7.68. The van der Waals surface area contributed by atoms with E-state index in [-0.39, 0.29) is 43.1 Å². The second-order valence-electron chi connectivity index (χ2n) is 11.0. The highest BCUT2D eigenvalue weighted by molar-refractivity contribution is 5.93. The topological polar surface area (TPSA) is 140 Å². The van der Waals surface area contributed by atoms with Crippen LogP contribution in [0.25, 0.3) is 0 Å². The predicted octanol–water partition coefficient (Wildman–Crippen LogP) is 1.79. The number of nitrogens with zero attached hydrogens (tertiary/aromatic N) is 1. The molecule has 5 atom stereocenters. The van der Waals surface area contributed by atoms with Crippen molar-refractivity contribution in [3.63, 3.8) is 0 Å². The Morgan fingerprint density at radius 1 is 1.02 bits per heavy atom. The quantitative estimate of drug-likeness (QED) is 0.379. The molecule has 2 aliphatic rings. The molecule has 5 N–H and O–H groups in total. The van der Waals surface area contributed by atoms with Crippen molar-refractivity contribution in [2.75, 3.05) is 20.1 Å². The number of phenols is 1. The number of aliphatic hydroxyl groups is 1. The van der Waals surface area contributed by atoms with Crippen LogP contribution in [0.15, 0.2) is 42.5 Å². The smallest absolute Gasteiger partial charge is 0.243 e. The largest absolute Gasteiger partial charge is 0.508 e. The summed E-state index contributed by atoms with van der Waals surface area (Å²) in [6, 6.07) is 7.73. The number of hydrogen-bond acceptors (Lipinski definition) is 7. The molecule has 1 aliphatic heterocycles. The fourth-order valence-electron chi connectivity index (χ4n) is 4.89. The van der Waals surface area contributed by atoms with Crippen LogP contribution >= 0.6 is 0 Å². The van der Waals surface area contributed by atoms with Crippen molar-refractivity contribution < 1.29 is 33.7 Å². The number of rotatable bonds is 3. The molecule has 0 bridgehead atoms. The molecule has 0 spiro atoms. The second kappa shape index (κ2) is 13.3. The number of aromatic hydroxyl groups is 1. The maximum atomic E-state index is 13.5. The van der Waals surface area contributed by atoms with E-state index in [2.05, 4.69) is 16.0 Å². The highest BCUT2D eigenvalue weighted by Gasteiger charge is 2.39. The zero-order valence-corrected chi connectivity index (χ0v) is 23.6. The Bertz CT molecular complexity index is 1240. The summed E-state index contributed by atoms with van der Waals surface area (Å²) in [5, 5.41) is 29.8. The molecule has 1 aliphatic carbocycles. The van der Waals surface area contributed by atoms with Crippen LogP contribution in [0.5, 0.6) is 11.5 Å². The second-order valence-corrected chi connectivity index (χ2v) is 11.0. The summed E-state index contributed by atoms with van der Waals surface area (Å²) in [4.78, 5) is 41.4. The summed E-state index contributed by atoms with van der Waals surface area (Å²) in [6.07, 6.45) is 0.557. The molecule has 11 heteroatoms. The molecule has 0 saturated heterocycles. The number of hydrogen-bond donors (Lipinski definition) is 5. The van der Waals surface area contributed by atoms with Gasteiger partial charge < -0.3 is 35.8 Å². The SMILES string of the molecule is C[C@@H]1CN[C@@H](C2CC2)C(=O)N(C)[C@H](C)C(=O)N[C@H](Cc2ccc(F)cc2)C(=O)NCCC(O)c2cc(O)ccc2O1. The lowest BCUT2D eigenvalue weighted by atomic mass is 10.0. The predicted molar refractivity (Wildman–Crippen MR) is 150 cm³/mol. The molecule has 10 nitrogen and oxygen atoms in total. The minimum atomic E-state index is -1.06. The highest BCUT2D eigenvalue weighted by atomic mass is 19.1. The van der Waals surface area contributed by atoms with Gasteiger partial charge >= 0.3 is 0 Å². The van der Waals surface area contributed by atoms with Gasteiger partial charge in [-0.15, -0.1) is 0 Å². The van der Waals surface area contributed by atoms with Crippen molar-refractivity contribution in [3.8, 4) is 11.5 Å². The Kier molecular flexibility index (Phi) is 9.82. The summed E-state index contributed by atoms with van der Waals surface area (Å²) in [5.74, 6) is -1.15. The normalized spacial score (nSPS) is 27.1. The first-order chi connectivity index (χ1) is 19.5. The Balaban J connectivity index is 1.61. The lowest BCUT2D eigenvalue weighted by molar-refractivity contribution is -0.141. The van der Waals surface area contributed by atoms with E-state index in [1.807, 2.05) is 6.92 Å². The van der Waals surface area contributed by atoms with Gasteiger partial charge in [0.1, 0.15) is 35.5 Å². The molecule has 2 aromatic rings. The van der Waals surface area contributed by atoms with Crippen LogP contribution in [-0.4, -0.2) is 77.2 Å². The van der Waals surface area contributed by atoms with Gasteiger partial charge in [0.15, 0.2) is 0 Å². The van der Waals surface area contributed by atoms with Crippen molar-refractivity contribution in [2.45, 2.75) is 69.9 Å². The molecular weight excluding hydrogens is 531 g/mol. The van der Waals surface area contributed by atoms with Crippen LogP contribution in [0.2, 0.25) is 0 Å². The zero-order chi connectivity index (χ0) is 29.7. The van der Waals surface area contributed by atoms with Gasteiger partial charge in [0.2, 0.25) is 17.7 Å². The number of carbonyl (C=O) groups excluding carboxylic acids is 3. The zero-order valence-electron chi connectivity index (χ0n) is 23.6. The molecule has 0 aromatic heterocycles. The number of amides is 3. The fourth-order valence-corrected chi connectivity index (χ4v) is 4.89. The molecule has 2 aromatic carbocycles.